The average Bonchev–Trinajstić information content (AvgIpc) is 2.37. The second-order valence-electron chi connectivity index (χ2n) is 2.62. The van der Waals surface area contributed by atoms with E-state index >= 15 is 0 Å². The molecule has 1 rings (SSSR count). The Morgan fingerprint density at radius 1 is 1.67 bits per heavy atom. The van der Waals surface area contributed by atoms with Crippen LogP contribution in [0.5, 0.6) is 0 Å². The molecule has 0 amide bonds. The largest absolute Gasteiger partial charge is 0.235 e. The van der Waals surface area contributed by atoms with Gasteiger partial charge < -0.3 is 0 Å². The molecule has 5 heteroatoms. The summed E-state index contributed by atoms with van der Waals surface area (Å²) in [4.78, 5) is 0. The van der Waals surface area contributed by atoms with Crippen LogP contribution in [-0.4, -0.2) is 13.7 Å². The summed E-state index contributed by atoms with van der Waals surface area (Å²) >= 11 is 1.55. The van der Waals surface area contributed by atoms with Gasteiger partial charge in [-0.25, -0.2) is 8.42 Å². The normalized spacial score (nSPS) is 14.5. The molecule has 0 aliphatic carbocycles. The highest BCUT2D eigenvalue weighted by molar-refractivity contribution is 8.14. The van der Waals surface area contributed by atoms with Gasteiger partial charge in [0.05, 0.1) is 5.25 Å². The van der Waals surface area contributed by atoms with Crippen molar-refractivity contribution in [2.24, 2.45) is 0 Å². The molecular weight excluding hydrogens is 216 g/mol. The minimum atomic E-state index is -3.40. The first-order chi connectivity index (χ1) is 5.50. The van der Waals surface area contributed by atoms with Crippen LogP contribution in [0.25, 0.3) is 0 Å². The quantitative estimate of drug-likeness (QED) is 0.738. The summed E-state index contributed by atoms with van der Waals surface area (Å²) in [5, 5.41) is 3.34. The maximum atomic E-state index is 10.8. The third kappa shape index (κ3) is 2.77. The summed E-state index contributed by atoms with van der Waals surface area (Å²) in [7, 11) is 1.77. The van der Waals surface area contributed by atoms with Crippen LogP contribution in [0.4, 0.5) is 0 Å². The third-order valence-electron chi connectivity index (χ3n) is 1.58. The minimum Gasteiger partial charge on any atom is -0.212 e. The zero-order chi connectivity index (χ0) is 9.19. The first-order valence-corrected chi connectivity index (χ1v) is 6.76. The predicted molar refractivity (Wildman–Crippen MR) is 52.3 cm³/mol. The molecule has 0 N–H and O–H groups in total. The Kier molecular flexibility index (Phi) is 3.15. The summed E-state index contributed by atoms with van der Waals surface area (Å²) in [6.07, 6.45) is 0.495. The lowest BCUT2D eigenvalue weighted by molar-refractivity contribution is 0.597. The second-order valence-corrected chi connectivity index (χ2v) is 6.45. The molecule has 68 valence electrons. The molecule has 0 aromatic carbocycles. The smallest absolute Gasteiger partial charge is 0.212 e. The molecule has 0 bridgehead atoms. The SMILES string of the molecule is CC(Cc1ccsc1)S(=O)(=O)Cl. The summed E-state index contributed by atoms with van der Waals surface area (Å²) in [6, 6.07) is 1.91. The topological polar surface area (TPSA) is 34.1 Å². The number of thiophene rings is 1. The molecule has 0 radical (unpaired) electrons. The lowest BCUT2D eigenvalue weighted by atomic mass is 10.2. The fourth-order valence-electron chi connectivity index (χ4n) is 0.840. The molecule has 1 aromatic rings. The molecule has 0 spiro atoms. The number of hydrogen-bond donors (Lipinski definition) is 0. The van der Waals surface area contributed by atoms with Crippen molar-refractivity contribution in [1.82, 2.24) is 0 Å². The molecule has 2 nitrogen and oxygen atoms in total. The van der Waals surface area contributed by atoms with Gasteiger partial charge in [0.1, 0.15) is 0 Å². The Balaban J connectivity index is 2.66. The summed E-state index contributed by atoms with van der Waals surface area (Å²) in [5.41, 5.74) is 1.02. The number of rotatable bonds is 3. The number of halogens is 1. The first-order valence-electron chi connectivity index (χ1n) is 3.44. The van der Waals surface area contributed by atoms with Gasteiger partial charge in [-0.05, 0) is 35.7 Å². The van der Waals surface area contributed by atoms with Crippen molar-refractivity contribution in [1.29, 1.82) is 0 Å². The van der Waals surface area contributed by atoms with Gasteiger partial charge in [0, 0.05) is 10.7 Å². The van der Waals surface area contributed by atoms with Crippen molar-refractivity contribution in [3.63, 3.8) is 0 Å². The van der Waals surface area contributed by atoms with E-state index < -0.39 is 14.3 Å². The van der Waals surface area contributed by atoms with Crippen molar-refractivity contribution in [2.45, 2.75) is 18.6 Å². The molecule has 1 atom stereocenters. The Morgan fingerprint density at radius 3 is 2.75 bits per heavy atom. The van der Waals surface area contributed by atoms with Gasteiger partial charge in [-0.3, -0.25) is 0 Å². The van der Waals surface area contributed by atoms with Crippen LogP contribution in [0.15, 0.2) is 16.8 Å². The molecule has 0 saturated heterocycles. The standard InChI is InChI=1S/C7H9ClO2S2/c1-6(12(8,9)10)4-7-2-3-11-5-7/h2-3,5-6H,4H2,1H3. The lowest BCUT2D eigenvalue weighted by Crippen LogP contribution is -2.14. The molecule has 0 aliphatic heterocycles. The Labute approximate surface area is 80.6 Å². The van der Waals surface area contributed by atoms with E-state index in [0.717, 1.165) is 5.56 Å². The van der Waals surface area contributed by atoms with E-state index in [1.807, 2.05) is 16.8 Å². The molecule has 1 aromatic heterocycles. The average molecular weight is 225 g/mol. The van der Waals surface area contributed by atoms with E-state index in [0.29, 0.717) is 6.42 Å². The maximum absolute atomic E-state index is 10.8. The summed E-state index contributed by atoms with van der Waals surface area (Å²) in [6.45, 7) is 1.61. The van der Waals surface area contributed by atoms with E-state index in [2.05, 4.69) is 0 Å². The van der Waals surface area contributed by atoms with E-state index in [4.69, 9.17) is 10.7 Å². The molecular formula is C7H9ClO2S2. The van der Waals surface area contributed by atoms with Crippen LogP contribution in [0.1, 0.15) is 12.5 Å². The zero-order valence-corrected chi connectivity index (χ0v) is 8.92. The minimum absolute atomic E-state index is 0.495. The monoisotopic (exact) mass is 224 g/mol. The lowest BCUT2D eigenvalue weighted by Gasteiger charge is -2.04. The molecule has 0 aliphatic rings. The van der Waals surface area contributed by atoms with Gasteiger partial charge in [0.2, 0.25) is 9.05 Å². The third-order valence-corrected chi connectivity index (χ3v) is 4.36. The molecule has 0 fully saturated rings. The van der Waals surface area contributed by atoms with Crippen molar-refractivity contribution in [3.8, 4) is 0 Å². The fourth-order valence-corrected chi connectivity index (χ4v) is 2.10. The maximum Gasteiger partial charge on any atom is 0.235 e. The van der Waals surface area contributed by atoms with Crippen molar-refractivity contribution >= 4 is 31.1 Å². The summed E-state index contributed by atoms with van der Waals surface area (Å²) in [5.74, 6) is 0. The molecule has 1 unspecified atom stereocenters. The second kappa shape index (κ2) is 3.77. The van der Waals surface area contributed by atoms with Crippen molar-refractivity contribution < 1.29 is 8.42 Å². The van der Waals surface area contributed by atoms with Gasteiger partial charge in [-0.15, -0.1) is 0 Å². The van der Waals surface area contributed by atoms with Crippen molar-refractivity contribution in [2.75, 3.05) is 0 Å². The van der Waals surface area contributed by atoms with E-state index in [1.54, 1.807) is 18.3 Å². The molecule has 0 saturated carbocycles. The van der Waals surface area contributed by atoms with Gasteiger partial charge in [0.25, 0.3) is 0 Å². The molecule has 12 heavy (non-hydrogen) atoms. The predicted octanol–water partition coefficient (Wildman–Crippen LogP) is 2.25. The zero-order valence-electron chi connectivity index (χ0n) is 6.53. The Bertz CT molecular complexity index is 328. The van der Waals surface area contributed by atoms with E-state index in [1.165, 1.54) is 0 Å². The first kappa shape index (κ1) is 10.0. The fraction of sp³-hybridized carbons (Fsp3) is 0.429. The number of hydrogen-bond acceptors (Lipinski definition) is 3. The Morgan fingerprint density at radius 2 is 2.33 bits per heavy atom. The van der Waals surface area contributed by atoms with Crippen LogP contribution < -0.4 is 0 Å². The van der Waals surface area contributed by atoms with Gasteiger partial charge in [0.15, 0.2) is 0 Å². The van der Waals surface area contributed by atoms with Gasteiger partial charge >= 0.3 is 0 Å². The summed E-state index contributed by atoms with van der Waals surface area (Å²) < 4.78 is 21.7. The highest BCUT2D eigenvalue weighted by Gasteiger charge is 2.17. The highest BCUT2D eigenvalue weighted by atomic mass is 35.7. The van der Waals surface area contributed by atoms with E-state index in [-0.39, 0.29) is 0 Å². The molecule has 1 heterocycles. The van der Waals surface area contributed by atoms with E-state index in [9.17, 15) is 8.42 Å². The van der Waals surface area contributed by atoms with Crippen LogP contribution in [0.3, 0.4) is 0 Å². The van der Waals surface area contributed by atoms with Crippen LogP contribution >= 0.6 is 22.0 Å². The van der Waals surface area contributed by atoms with Crippen LogP contribution in [0, 0.1) is 0 Å². The Hall–Kier alpha value is -0.0600. The van der Waals surface area contributed by atoms with Gasteiger partial charge in [-0.1, -0.05) is 0 Å². The van der Waals surface area contributed by atoms with Crippen LogP contribution in [-0.2, 0) is 15.5 Å². The van der Waals surface area contributed by atoms with Crippen molar-refractivity contribution in [3.05, 3.63) is 22.4 Å². The highest BCUT2D eigenvalue weighted by Crippen LogP contribution is 2.15. The van der Waals surface area contributed by atoms with Gasteiger partial charge in [-0.2, -0.15) is 11.3 Å². The van der Waals surface area contributed by atoms with Crippen LogP contribution in [0.2, 0.25) is 0 Å².